The second kappa shape index (κ2) is 7.59. The number of hydrogen-bond acceptors (Lipinski definition) is 6. The van der Waals surface area contributed by atoms with E-state index in [1.807, 2.05) is 0 Å². The highest BCUT2D eigenvalue weighted by atomic mass is 16.6. The van der Waals surface area contributed by atoms with Crippen molar-refractivity contribution in [3.8, 4) is 0 Å². The third-order valence-electron chi connectivity index (χ3n) is 2.73. The van der Waals surface area contributed by atoms with Crippen LogP contribution < -0.4 is 0 Å². The molecule has 1 aliphatic rings. The van der Waals surface area contributed by atoms with Crippen LogP contribution in [0.5, 0.6) is 0 Å². The molecule has 0 aliphatic carbocycles. The first-order valence-corrected chi connectivity index (χ1v) is 6.37. The lowest BCUT2D eigenvalue weighted by molar-refractivity contribution is -0.146. The molecule has 0 aromatic carbocycles. The fourth-order valence-corrected chi connectivity index (χ4v) is 1.51. The average Bonchev–Trinajstić information content (AvgIpc) is 2.39. The molecule has 1 aliphatic heterocycles. The molecule has 1 N–H and O–H groups in total. The largest absolute Gasteiger partial charge is 0.460 e. The van der Waals surface area contributed by atoms with Crippen LogP contribution in [0.3, 0.4) is 0 Å². The minimum atomic E-state index is -1.13. The van der Waals surface area contributed by atoms with Crippen LogP contribution >= 0.6 is 0 Å². The van der Waals surface area contributed by atoms with Gasteiger partial charge < -0.3 is 14.6 Å². The van der Waals surface area contributed by atoms with E-state index in [-0.39, 0.29) is 12.2 Å². The van der Waals surface area contributed by atoms with Crippen LogP contribution in [0.15, 0.2) is 24.3 Å². The van der Waals surface area contributed by atoms with Gasteiger partial charge in [-0.05, 0) is 32.4 Å². The van der Waals surface area contributed by atoms with Gasteiger partial charge in [0, 0.05) is 18.6 Å². The summed E-state index contributed by atoms with van der Waals surface area (Å²) in [5.41, 5.74) is 0. The summed E-state index contributed by atoms with van der Waals surface area (Å²) < 4.78 is 9.91. The van der Waals surface area contributed by atoms with Crippen molar-refractivity contribution in [1.82, 2.24) is 0 Å². The summed E-state index contributed by atoms with van der Waals surface area (Å²) in [6, 6.07) is 0. The molecule has 1 rings (SSSR count). The Labute approximate surface area is 117 Å². The van der Waals surface area contributed by atoms with Gasteiger partial charge in [0.2, 0.25) is 0 Å². The SMILES string of the molecule is CC1CCC(=O)/C=C/C(=O)O[C@H](C)[C@@H](O)/C=C/C(=O)O1. The maximum Gasteiger partial charge on any atom is 0.331 e. The summed E-state index contributed by atoms with van der Waals surface area (Å²) in [6.45, 7) is 3.14. The van der Waals surface area contributed by atoms with Crippen molar-refractivity contribution in [2.45, 2.75) is 45.0 Å². The van der Waals surface area contributed by atoms with E-state index in [9.17, 15) is 19.5 Å². The zero-order valence-corrected chi connectivity index (χ0v) is 11.4. The van der Waals surface area contributed by atoms with Gasteiger partial charge in [0.05, 0.1) is 6.10 Å². The molecule has 110 valence electrons. The molecule has 0 saturated carbocycles. The van der Waals surface area contributed by atoms with Crippen molar-refractivity contribution in [3.63, 3.8) is 0 Å². The van der Waals surface area contributed by atoms with E-state index in [1.54, 1.807) is 6.92 Å². The van der Waals surface area contributed by atoms with Gasteiger partial charge in [-0.15, -0.1) is 0 Å². The number of cyclic esters (lactones) is 2. The van der Waals surface area contributed by atoms with Crippen LogP contribution in [-0.4, -0.2) is 41.1 Å². The van der Waals surface area contributed by atoms with Crippen LogP contribution in [0.25, 0.3) is 0 Å². The van der Waals surface area contributed by atoms with Crippen LogP contribution in [0.2, 0.25) is 0 Å². The molecule has 0 bridgehead atoms. The summed E-state index contributed by atoms with van der Waals surface area (Å²) >= 11 is 0. The van der Waals surface area contributed by atoms with Crippen LogP contribution in [0.1, 0.15) is 26.7 Å². The molecule has 1 unspecified atom stereocenters. The van der Waals surface area contributed by atoms with E-state index < -0.39 is 30.3 Å². The monoisotopic (exact) mass is 282 g/mol. The lowest BCUT2D eigenvalue weighted by Crippen LogP contribution is -2.27. The summed E-state index contributed by atoms with van der Waals surface area (Å²) in [5.74, 6) is -1.59. The predicted octanol–water partition coefficient (Wildman–Crippen LogP) is 0.686. The molecule has 20 heavy (non-hydrogen) atoms. The van der Waals surface area contributed by atoms with Gasteiger partial charge in [-0.2, -0.15) is 0 Å². The number of carbonyl (C=O) groups is 3. The lowest BCUT2D eigenvalue weighted by atomic mass is 10.1. The molecule has 0 aromatic rings. The number of aliphatic hydroxyl groups is 1. The first kappa shape index (κ1) is 16.1. The molecule has 6 nitrogen and oxygen atoms in total. The number of ketones is 1. The third kappa shape index (κ3) is 5.79. The highest BCUT2D eigenvalue weighted by molar-refractivity contribution is 5.95. The van der Waals surface area contributed by atoms with Crippen molar-refractivity contribution in [2.24, 2.45) is 0 Å². The van der Waals surface area contributed by atoms with Crippen LogP contribution in [0, 0.1) is 0 Å². The fourth-order valence-electron chi connectivity index (χ4n) is 1.51. The molecule has 0 saturated heterocycles. The highest BCUT2D eigenvalue weighted by Crippen LogP contribution is 2.07. The van der Waals surface area contributed by atoms with Gasteiger partial charge in [-0.1, -0.05) is 0 Å². The smallest absolute Gasteiger partial charge is 0.331 e. The fraction of sp³-hybridized carbons (Fsp3) is 0.500. The van der Waals surface area contributed by atoms with Crippen LogP contribution in [-0.2, 0) is 23.9 Å². The molecular formula is C14H18O6. The lowest BCUT2D eigenvalue weighted by Gasteiger charge is -2.16. The topological polar surface area (TPSA) is 89.9 Å². The first-order chi connectivity index (χ1) is 9.38. The molecule has 0 spiro atoms. The maximum atomic E-state index is 11.5. The van der Waals surface area contributed by atoms with Gasteiger partial charge in [0.15, 0.2) is 5.78 Å². The van der Waals surface area contributed by atoms with Gasteiger partial charge in [0.1, 0.15) is 12.2 Å². The molecule has 1 heterocycles. The number of allylic oxidation sites excluding steroid dienone is 1. The number of aliphatic hydroxyl groups excluding tert-OH is 1. The van der Waals surface area contributed by atoms with Gasteiger partial charge in [-0.3, -0.25) is 4.79 Å². The Morgan fingerprint density at radius 1 is 1.05 bits per heavy atom. The van der Waals surface area contributed by atoms with Crippen molar-refractivity contribution < 1.29 is 29.0 Å². The van der Waals surface area contributed by atoms with Crippen molar-refractivity contribution >= 4 is 17.7 Å². The van der Waals surface area contributed by atoms with Crippen LogP contribution in [0.4, 0.5) is 0 Å². The van der Waals surface area contributed by atoms with E-state index in [2.05, 4.69) is 0 Å². The van der Waals surface area contributed by atoms with E-state index in [0.29, 0.717) is 6.42 Å². The third-order valence-corrected chi connectivity index (χ3v) is 2.73. The number of hydrogen-bond donors (Lipinski definition) is 1. The normalized spacial score (nSPS) is 32.8. The molecule has 0 radical (unpaired) electrons. The van der Waals surface area contributed by atoms with Gasteiger partial charge >= 0.3 is 11.9 Å². The minimum Gasteiger partial charge on any atom is -0.460 e. The number of rotatable bonds is 0. The quantitative estimate of drug-likeness (QED) is 0.657. The maximum absolute atomic E-state index is 11.5. The Morgan fingerprint density at radius 2 is 1.70 bits per heavy atom. The second-order valence-corrected chi connectivity index (χ2v) is 4.58. The summed E-state index contributed by atoms with van der Waals surface area (Å²) in [7, 11) is 0. The molecule has 3 atom stereocenters. The molecule has 6 heteroatoms. The second-order valence-electron chi connectivity index (χ2n) is 4.58. The highest BCUT2D eigenvalue weighted by Gasteiger charge is 2.17. The summed E-state index contributed by atoms with van der Waals surface area (Å²) in [6.07, 6.45) is 2.56. The standard InChI is InChI=1S/C14H18O6/c1-9-3-4-11(15)5-7-14(18)20-10(2)12(16)6-8-13(17)19-9/h5-10,12,16H,3-4H2,1-2H3/b7-5+,8-6+/t9?,10-,12+/m1/s1. The average molecular weight is 282 g/mol. The Kier molecular flexibility index (Phi) is 6.11. The van der Waals surface area contributed by atoms with Crippen molar-refractivity contribution in [2.75, 3.05) is 0 Å². The Bertz CT molecular complexity index is 437. The minimum absolute atomic E-state index is 0.167. The molecular weight excluding hydrogens is 264 g/mol. The Hall–Kier alpha value is -1.95. The Balaban J connectivity index is 2.82. The number of carbonyl (C=O) groups excluding carboxylic acids is 3. The predicted molar refractivity (Wildman–Crippen MR) is 69.6 cm³/mol. The molecule has 0 aromatic heterocycles. The zero-order chi connectivity index (χ0) is 15.1. The molecule has 0 fully saturated rings. The van der Waals surface area contributed by atoms with Gasteiger partial charge in [0.25, 0.3) is 0 Å². The Morgan fingerprint density at radius 3 is 2.40 bits per heavy atom. The van der Waals surface area contributed by atoms with E-state index in [1.165, 1.54) is 13.0 Å². The van der Waals surface area contributed by atoms with E-state index in [4.69, 9.17) is 9.47 Å². The molecule has 0 amide bonds. The number of ether oxygens (including phenoxy) is 2. The number of esters is 2. The van der Waals surface area contributed by atoms with Gasteiger partial charge in [-0.25, -0.2) is 9.59 Å². The van der Waals surface area contributed by atoms with E-state index >= 15 is 0 Å². The zero-order valence-electron chi connectivity index (χ0n) is 11.4. The van der Waals surface area contributed by atoms with Crippen molar-refractivity contribution in [3.05, 3.63) is 24.3 Å². The van der Waals surface area contributed by atoms with E-state index in [0.717, 1.165) is 18.2 Å². The first-order valence-electron chi connectivity index (χ1n) is 6.37. The summed E-state index contributed by atoms with van der Waals surface area (Å²) in [5, 5.41) is 9.68. The summed E-state index contributed by atoms with van der Waals surface area (Å²) in [4.78, 5) is 34.3. The van der Waals surface area contributed by atoms with Crippen molar-refractivity contribution in [1.29, 1.82) is 0 Å².